The summed E-state index contributed by atoms with van der Waals surface area (Å²) >= 11 is 1.80. The molecule has 0 aliphatic heterocycles. The number of thioether (sulfide) groups is 1. The molecule has 0 saturated carbocycles. The zero-order valence-corrected chi connectivity index (χ0v) is 12.2. The minimum atomic E-state index is -0.460. The van der Waals surface area contributed by atoms with Crippen LogP contribution in [-0.4, -0.2) is 42.8 Å². The van der Waals surface area contributed by atoms with Crippen LogP contribution in [0.1, 0.15) is 35.7 Å². The summed E-state index contributed by atoms with van der Waals surface area (Å²) in [7, 11) is 1.33. The Morgan fingerprint density at radius 1 is 1.53 bits per heavy atom. The average molecular weight is 287 g/mol. The molecule has 0 radical (unpaired) electrons. The van der Waals surface area contributed by atoms with Gasteiger partial charge in [-0.1, -0.05) is 0 Å². The second-order valence-corrected chi connectivity index (χ2v) is 5.28. The van der Waals surface area contributed by atoms with Crippen LogP contribution in [0.3, 0.4) is 0 Å². The highest BCUT2D eigenvalue weighted by Gasteiger charge is 2.14. The fourth-order valence-electron chi connectivity index (χ4n) is 1.51. The summed E-state index contributed by atoms with van der Waals surface area (Å²) in [6.45, 7) is 3.09. The molecule has 2 N–H and O–H groups in total. The molecular formula is C13H21NO4S. The number of esters is 1. The number of rotatable bonds is 9. The molecule has 0 aromatic carbocycles. The highest BCUT2D eigenvalue weighted by Crippen LogP contribution is 2.16. The third-order valence-electron chi connectivity index (χ3n) is 2.58. The van der Waals surface area contributed by atoms with E-state index in [1.165, 1.54) is 7.11 Å². The monoisotopic (exact) mass is 287 g/mol. The van der Waals surface area contributed by atoms with Crippen LogP contribution in [0.2, 0.25) is 0 Å². The number of ether oxygens (including phenoxy) is 1. The predicted octanol–water partition coefficient (Wildman–Crippen LogP) is 1.83. The lowest BCUT2D eigenvalue weighted by molar-refractivity contribution is 0.0562. The van der Waals surface area contributed by atoms with Crippen LogP contribution in [0.5, 0.6) is 0 Å². The fourth-order valence-corrected chi connectivity index (χ4v) is 2.31. The highest BCUT2D eigenvalue weighted by molar-refractivity contribution is 7.99. The number of methoxy groups -OCH3 is 1. The minimum Gasteiger partial charge on any atom is -0.463 e. The van der Waals surface area contributed by atoms with E-state index in [-0.39, 0.29) is 18.4 Å². The topological polar surface area (TPSA) is 71.7 Å². The SMILES string of the molecule is COC(=O)c1ccc(C(C)NCCSCCCO)o1. The second-order valence-electron chi connectivity index (χ2n) is 4.06. The molecule has 1 aromatic rings. The summed E-state index contributed by atoms with van der Waals surface area (Å²) in [4.78, 5) is 11.2. The van der Waals surface area contributed by atoms with Crippen LogP contribution in [0.15, 0.2) is 16.5 Å². The van der Waals surface area contributed by atoms with E-state index in [0.717, 1.165) is 30.2 Å². The lowest BCUT2D eigenvalue weighted by Crippen LogP contribution is -2.21. The van der Waals surface area contributed by atoms with Crippen molar-refractivity contribution in [1.82, 2.24) is 5.32 Å². The van der Waals surface area contributed by atoms with Gasteiger partial charge in [-0.25, -0.2) is 4.79 Å². The Balaban J connectivity index is 2.27. The zero-order chi connectivity index (χ0) is 14.1. The number of aliphatic hydroxyl groups is 1. The van der Waals surface area contributed by atoms with Gasteiger partial charge in [-0.3, -0.25) is 0 Å². The van der Waals surface area contributed by atoms with Crippen molar-refractivity contribution in [3.8, 4) is 0 Å². The van der Waals surface area contributed by atoms with Crippen LogP contribution in [0, 0.1) is 0 Å². The summed E-state index contributed by atoms with van der Waals surface area (Å²) < 4.78 is 10.0. The molecule has 0 bridgehead atoms. The lowest BCUT2D eigenvalue weighted by Gasteiger charge is -2.10. The summed E-state index contributed by atoms with van der Waals surface area (Å²) in [5.41, 5.74) is 0. The molecule has 19 heavy (non-hydrogen) atoms. The van der Waals surface area contributed by atoms with E-state index < -0.39 is 5.97 Å². The van der Waals surface area contributed by atoms with Crippen LogP contribution in [0.4, 0.5) is 0 Å². The van der Waals surface area contributed by atoms with Gasteiger partial charge in [0.2, 0.25) is 5.76 Å². The summed E-state index contributed by atoms with van der Waals surface area (Å²) in [6.07, 6.45) is 0.834. The molecule has 1 aromatic heterocycles. The third-order valence-corrected chi connectivity index (χ3v) is 3.65. The zero-order valence-electron chi connectivity index (χ0n) is 11.3. The van der Waals surface area contributed by atoms with Crippen LogP contribution in [-0.2, 0) is 4.74 Å². The smallest absolute Gasteiger partial charge is 0.373 e. The Kier molecular flexibility index (Phi) is 7.62. The van der Waals surface area contributed by atoms with Crippen molar-refractivity contribution < 1.29 is 19.1 Å². The molecule has 6 heteroatoms. The van der Waals surface area contributed by atoms with E-state index in [4.69, 9.17) is 9.52 Å². The molecule has 0 saturated heterocycles. The van der Waals surface area contributed by atoms with E-state index in [2.05, 4.69) is 10.1 Å². The number of furan rings is 1. The van der Waals surface area contributed by atoms with Gasteiger partial charge in [-0.15, -0.1) is 0 Å². The first-order chi connectivity index (χ1) is 9.19. The Hall–Kier alpha value is -0.980. The van der Waals surface area contributed by atoms with Gasteiger partial charge in [0.25, 0.3) is 0 Å². The first-order valence-corrected chi connectivity index (χ1v) is 7.44. The van der Waals surface area contributed by atoms with Crippen LogP contribution in [0.25, 0.3) is 0 Å². The van der Waals surface area contributed by atoms with Gasteiger partial charge in [0.1, 0.15) is 5.76 Å². The van der Waals surface area contributed by atoms with Gasteiger partial charge in [-0.05, 0) is 31.2 Å². The summed E-state index contributed by atoms with van der Waals surface area (Å²) in [6, 6.07) is 3.45. The van der Waals surface area contributed by atoms with Crippen molar-refractivity contribution in [3.63, 3.8) is 0 Å². The lowest BCUT2D eigenvalue weighted by atomic mass is 10.2. The normalized spacial score (nSPS) is 12.4. The number of carbonyl (C=O) groups is 1. The van der Waals surface area contributed by atoms with Gasteiger partial charge in [0.15, 0.2) is 0 Å². The number of carbonyl (C=O) groups excluding carboxylic acids is 1. The molecule has 1 unspecified atom stereocenters. The van der Waals surface area contributed by atoms with Crippen LogP contribution >= 0.6 is 11.8 Å². The highest BCUT2D eigenvalue weighted by atomic mass is 32.2. The Morgan fingerprint density at radius 3 is 3.00 bits per heavy atom. The van der Waals surface area contributed by atoms with Gasteiger partial charge in [0, 0.05) is 18.9 Å². The maximum absolute atomic E-state index is 11.2. The predicted molar refractivity (Wildman–Crippen MR) is 75.5 cm³/mol. The maximum Gasteiger partial charge on any atom is 0.373 e. The van der Waals surface area contributed by atoms with Crippen molar-refractivity contribution in [2.45, 2.75) is 19.4 Å². The van der Waals surface area contributed by atoms with Gasteiger partial charge >= 0.3 is 5.97 Å². The standard InChI is InChI=1S/C13H21NO4S/c1-10(14-6-9-19-8-3-7-15)11-4-5-12(18-11)13(16)17-2/h4-5,10,14-15H,3,6-9H2,1-2H3. The third kappa shape index (κ3) is 5.67. The molecule has 0 spiro atoms. The maximum atomic E-state index is 11.2. The summed E-state index contributed by atoms with van der Waals surface area (Å²) in [5, 5.41) is 12.0. The number of aliphatic hydroxyl groups excluding tert-OH is 1. The second kappa shape index (κ2) is 9.01. The summed E-state index contributed by atoms with van der Waals surface area (Å²) in [5.74, 6) is 2.44. The van der Waals surface area contributed by atoms with Crippen molar-refractivity contribution in [1.29, 1.82) is 0 Å². The first-order valence-electron chi connectivity index (χ1n) is 6.29. The Morgan fingerprint density at radius 2 is 2.32 bits per heavy atom. The van der Waals surface area contributed by atoms with E-state index in [1.807, 2.05) is 6.92 Å². The average Bonchev–Trinajstić information content (AvgIpc) is 2.91. The van der Waals surface area contributed by atoms with E-state index in [1.54, 1.807) is 23.9 Å². The number of hydrogen-bond acceptors (Lipinski definition) is 6. The van der Waals surface area contributed by atoms with Crippen molar-refractivity contribution in [3.05, 3.63) is 23.7 Å². The molecule has 0 aliphatic carbocycles. The van der Waals surface area contributed by atoms with E-state index in [0.29, 0.717) is 0 Å². The van der Waals surface area contributed by atoms with Gasteiger partial charge in [0.05, 0.1) is 13.2 Å². The molecule has 1 atom stereocenters. The molecule has 0 fully saturated rings. The van der Waals surface area contributed by atoms with E-state index in [9.17, 15) is 4.79 Å². The van der Waals surface area contributed by atoms with Gasteiger partial charge < -0.3 is 19.6 Å². The molecule has 108 valence electrons. The Labute approximate surface area is 117 Å². The number of hydrogen-bond donors (Lipinski definition) is 2. The van der Waals surface area contributed by atoms with Crippen molar-refractivity contribution in [2.75, 3.05) is 31.8 Å². The Bertz CT molecular complexity index is 380. The number of nitrogens with one attached hydrogen (secondary N) is 1. The van der Waals surface area contributed by atoms with Crippen LogP contribution < -0.4 is 5.32 Å². The van der Waals surface area contributed by atoms with Gasteiger partial charge in [-0.2, -0.15) is 11.8 Å². The molecule has 0 amide bonds. The molecule has 1 rings (SSSR count). The first kappa shape index (κ1) is 16.1. The minimum absolute atomic E-state index is 0.0526. The molecule has 1 heterocycles. The molecule has 0 aliphatic rings. The van der Waals surface area contributed by atoms with Crippen molar-refractivity contribution in [2.24, 2.45) is 0 Å². The molecular weight excluding hydrogens is 266 g/mol. The van der Waals surface area contributed by atoms with Crippen molar-refractivity contribution >= 4 is 17.7 Å². The molecule has 5 nitrogen and oxygen atoms in total. The van der Waals surface area contributed by atoms with E-state index >= 15 is 0 Å². The largest absolute Gasteiger partial charge is 0.463 e. The fraction of sp³-hybridized carbons (Fsp3) is 0.615. The quantitative estimate of drug-likeness (QED) is 0.533.